The molecule has 108 valence electrons. The highest BCUT2D eigenvalue weighted by Gasteiger charge is 2.40. The van der Waals surface area contributed by atoms with Gasteiger partial charge in [0.25, 0.3) is 0 Å². The summed E-state index contributed by atoms with van der Waals surface area (Å²) >= 11 is 0. The van der Waals surface area contributed by atoms with Gasteiger partial charge < -0.3 is 20.2 Å². The van der Waals surface area contributed by atoms with Gasteiger partial charge in [-0.2, -0.15) is 0 Å². The van der Waals surface area contributed by atoms with Crippen LogP contribution in [-0.2, 0) is 4.79 Å². The first kappa shape index (κ1) is 14.1. The molecule has 2 amide bonds. The molecule has 19 heavy (non-hydrogen) atoms. The van der Waals surface area contributed by atoms with Crippen molar-refractivity contribution in [3.05, 3.63) is 0 Å². The first-order chi connectivity index (χ1) is 8.96. The number of nitrogens with one attached hydrogen (secondary N) is 1. The lowest BCUT2D eigenvalue weighted by Gasteiger charge is -2.47. The number of likely N-dealkylation sites (tertiary alicyclic amines) is 1. The quantitative estimate of drug-likeness (QED) is 0.789. The number of nitrogens with zero attached hydrogens (tertiary/aromatic N) is 2. The van der Waals surface area contributed by atoms with Crippen molar-refractivity contribution in [3.63, 3.8) is 0 Å². The number of amides is 2. The molecule has 0 spiro atoms. The maximum absolute atomic E-state index is 12.1. The molecule has 1 aliphatic carbocycles. The van der Waals surface area contributed by atoms with E-state index in [2.05, 4.69) is 10.2 Å². The van der Waals surface area contributed by atoms with Gasteiger partial charge in [-0.15, -0.1) is 0 Å². The second-order valence-electron chi connectivity index (χ2n) is 5.82. The molecule has 6 heteroatoms. The molecule has 1 saturated heterocycles. The average Bonchev–Trinajstić information content (AvgIpc) is 2.75. The van der Waals surface area contributed by atoms with E-state index in [0.29, 0.717) is 19.5 Å². The minimum Gasteiger partial charge on any atom is -0.480 e. The Balaban J connectivity index is 1.89. The van der Waals surface area contributed by atoms with Crippen molar-refractivity contribution in [1.29, 1.82) is 0 Å². The molecule has 0 aromatic carbocycles. The lowest BCUT2D eigenvalue weighted by atomic mass is 9.75. The molecule has 1 heterocycles. The summed E-state index contributed by atoms with van der Waals surface area (Å²) in [7, 11) is 4.06. The van der Waals surface area contributed by atoms with Gasteiger partial charge in [0.05, 0.1) is 0 Å². The Morgan fingerprint density at radius 1 is 1.37 bits per heavy atom. The van der Waals surface area contributed by atoms with Crippen molar-refractivity contribution in [2.24, 2.45) is 0 Å². The van der Waals surface area contributed by atoms with E-state index >= 15 is 0 Å². The summed E-state index contributed by atoms with van der Waals surface area (Å²) in [4.78, 5) is 26.8. The van der Waals surface area contributed by atoms with E-state index in [0.717, 1.165) is 19.3 Å². The number of hydrogen-bond acceptors (Lipinski definition) is 3. The van der Waals surface area contributed by atoms with Crippen LogP contribution in [0.3, 0.4) is 0 Å². The van der Waals surface area contributed by atoms with Gasteiger partial charge in [-0.1, -0.05) is 0 Å². The lowest BCUT2D eigenvalue weighted by molar-refractivity contribution is -0.141. The van der Waals surface area contributed by atoms with Crippen LogP contribution in [-0.4, -0.2) is 65.7 Å². The Morgan fingerprint density at radius 2 is 2.05 bits per heavy atom. The molecule has 1 atom stereocenters. The maximum atomic E-state index is 12.1. The van der Waals surface area contributed by atoms with Crippen molar-refractivity contribution >= 4 is 12.0 Å². The minimum absolute atomic E-state index is 0.0636. The zero-order valence-electron chi connectivity index (χ0n) is 11.7. The van der Waals surface area contributed by atoms with Gasteiger partial charge in [-0.05, 0) is 46.2 Å². The molecule has 0 aromatic heterocycles. The van der Waals surface area contributed by atoms with E-state index < -0.39 is 12.0 Å². The van der Waals surface area contributed by atoms with E-state index in [1.165, 1.54) is 11.3 Å². The number of carbonyl (C=O) groups excluding carboxylic acids is 1. The number of carbonyl (C=O) groups is 2. The Morgan fingerprint density at radius 3 is 2.53 bits per heavy atom. The molecule has 6 nitrogen and oxygen atoms in total. The van der Waals surface area contributed by atoms with Gasteiger partial charge >= 0.3 is 12.0 Å². The molecule has 0 bridgehead atoms. The van der Waals surface area contributed by atoms with Crippen molar-refractivity contribution in [1.82, 2.24) is 15.1 Å². The first-order valence-electron chi connectivity index (χ1n) is 6.91. The van der Waals surface area contributed by atoms with Crippen LogP contribution < -0.4 is 5.32 Å². The van der Waals surface area contributed by atoms with Gasteiger partial charge in [-0.25, -0.2) is 9.59 Å². The summed E-state index contributed by atoms with van der Waals surface area (Å²) in [5.41, 5.74) is 0.0636. The summed E-state index contributed by atoms with van der Waals surface area (Å²) < 4.78 is 0. The van der Waals surface area contributed by atoms with E-state index in [9.17, 15) is 9.59 Å². The third kappa shape index (κ3) is 2.68. The van der Waals surface area contributed by atoms with E-state index in [-0.39, 0.29) is 11.6 Å². The Kier molecular flexibility index (Phi) is 3.99. The smallest absolute Gasteiger partial charge is 0.326 e. The first-order valence-corrected chi connectivity index (χ1v) is 6.91. The van der Waals surface area contributed by atoms with Gasteiger partial charge in [0.15, 0.2) is 0 Å². The summed E-state index contributed by atoms with van der Waals surface area (Å²) in [6, 6.07) is -0.894. The molecule has 2 aliphatic rings. The third-order valence-electron chi connectivity index (χ3n) is 4.60. The molecule has 2 N–H and O–H groups in total. The van der Waals surface area contributed by atoms with E-state index in [1.807, 2.05) is 14.1 Å². The van der Waals surface area contributed by atoms with Crippen LogP contribution in [0, 0.1) is 0 Å². The summed E-state index contributed by atoms with van der Waals surface area (Å²) in [6.07, 6.45) is 4.69. The highest BCUT2D eigenvalue weighted by molar-refractivity contribution is 5.83. The van der Waals surface area contributed by atoms with Crippen LogP contribution in [0.4, 0.5) is 4.79 Å². The monoisotopic (exact) mass is 269 g/mol. The normalized spacial score (nSPS) is 25.2. The minimum atomic E-state index is -0.904. The number of rotatable bonds is 4. The predicted octanol–water partition coefficient (Wildman–Crippen LogP) is 0.729. The molecule has 1 saturated carbocycles. The molecule has 2 fully saturated rings. The second-order valence-corrected chi connectivity index (χ2v) is 5.82. The highest BCUT2D eigenvalue weighted by Crippen LogP contribution is 2.35. The van der Waals surface area contributed by atoms with Crippen LogP contribution >= 0.6 is 0 Å². The highest BCUT2D eigenvalue weighted by atomic mass is 16.4. The fraction of sp³-hybridized carbons (Fsp3) is 0.846. The van der Waals surface area contributed by atoms with E-state index in [1.54, 1.807) is 0 Å². The van der Waals surface area contributed by atoms with Crippen molar-refractivity contribution in [3.8, 4) is 0 Å². The summed E-state index contributed by atoms with van der Waals surface area (Å²) in [5, 5.41) is 12.0. The van der Waals surface area contributed by atoms with E-state index in [4.69, 9.17) is 5.11 Å². The van der Waals surface area contributed by atoms with Crippen LogP contribution in [0.2, 0.25) is 0 Å². The predicted molar refractivity (Wildman–Crippen MR) is 71.0 cm³/mol. The number of aliphatic carboxylic acids is 1. The molecule has 1 aliphatic heterocycles. The molecule has 0 aromatic rings. The average molecular weight is 269 g/mol. The Bertz CT molecular complexity index is 366. The lowest BCUT2D eigenvalue weighted by Crippen LogP contribution is -2.59. The van der Waals surface area contributed by atoms with Crippen molar-refractivity contribution in [2.75, 3.05) is 27.2 Å². The number of carboxylic acids is 1. The van der Waals surface area contributed by atoms with Gasteiger partial charge in [0.1, 0.15) is 6.04 Å². The van der Waals surface area contributed by atoms with Crippen molar-refractivity contribution < 1.29 is 14.7 Å². The standard InChI is InChI=1S/C13H23N3O3/c1-15(2)13(6-4-7-13)9-14-12(19)16-8-3-5-10(16)11(17)18/h10H,3-9H2,1-2H3,(H,14,19)(H,17,18)/t10-/m0/s1. The molecule has 0 radical (unpaired) electrons. The topological polar surface area (TPSA) is 72.9 Å². The maximum Gasteiger partial charge on any atom is 0.326 e. The zero-order chi connectivity index (χ0) is 14.0. The van der Waals surface area contributed by atoms with Crippen LogP contribution in [0.5, 0.6) is 0 Å². The number of hydrogen-bond donors (Lipinski definition) is 2. The second kappa shape index (κ2) is 5.36. The molecule has 2 rings (SSSR count). The fourth-order valence-electron chi connectivity index (χ4n) is 2.98. The molecule has 0 unspecified atom stereocenters. The number of urea groups is 1. The van der Waals surface area contributed by atoms with Crippen LogP contribution in [0.15, 0.2) is 0 Å². The fourth-order valence-corrected chi connectivity index (χ4v) is 2.98. The SMILES string of the molecule is CN(C)C1(CNC(=O)N2CCC[C@H]2C(=O)O)CCC1. The third-order valence-corrected chi connectivity index (χ3v) is 4.60. The van der Waals surface area contributed by atoms with Crippen LogP contribution in [0.1, 0.15) is 32.1 Å². The summed E-state index contributed by atoms with van der Waals surface area (Å²) in [6.45, 7) is 1.14. The molecular formula is C13H23N3O3. The Labute approximate surface area is 113 Å². The largest absolute Gasteiger partial charge is 0.480 e. The van der Waals surface area contributed by atoms with Crippen LogP contribution in [0.25, 0.3) is 0 Å². The Hall–Kier alpha value is -1.30. The van der Waals surface area contributed by atoms with Gasteiger partial charge in [-0.3, -0.25) is 0 Å². The number of likely N-dealkylation sites (N-methyl/N-ethyl adjacent to an activating group) is 1. The molecular weight excluding hydrogens is 246 g/mol. The van der Waals surface area contributed by atoms with Gasteiger partial charge in [0, 0.05) is 18.6 Å². The summed E-state index contributed by atoms with van der Waals surface area (Å²) in [5.74, 6) is -0.904. The van der Waals surface area contributed by atoms with Gasteiger partial charge in [0.2, 0.25) is 0 Å². The number of carboxylic acid groups (broad SMARTS) is 1. The van der Waals surface area contributed by atoms with Crippen molar-refractivity contribution in [2.45, 2.75) is 43.7 Å². The zero-order valence-corrected chi connectivity index (χ0v) is 11.7.